The Bertz CT molecular complexity index is 829. The van der Waals surface area contributed by atoms with E-state index < -0.39 is 0 Å². The van der Waals surface area contributed by atoms with Crippen LogP contribution in [0.4, 0.5) is 5.69 Å². The number of aromatic nitrogens is 2. The molecular formula is C15H14N4O3. The number of amides is 1. The summed E-state index contributed by atoms with van der Waals surface area (Å²) in [5, 5.41) is 14.0. The average molecular weight is 298 g/mol. The van der Waals surface area contributed by atoms with Crippen LogP contribution in [0, 0.1) is 11.3 Å². The van der Waals surface area contributed by atoms with Crippen molar-refractivity contribution in [3.63, 3.8) is 0 Å². The summed E-state index contributed by atoms with van der Waals surface area (Å²) in [7, 11) is 0. The molecule has 1 heterocycles. The van der Waals surface area contributed by atoms with Crippen LogP contribution in [0.1, 0.15) is 18.4 Å². The third kappa shape index (κ3) is 3.93. The van der Waals surface area contributed by atoms with Gasteiger partial charge in [-0.05, 0) is 18.6 Å². The van der Waals surface area contributed by atoms with Gasteiger partial charge in [0, 0.05) is 25.1 Å². The maximum atomic E-state index is 11.8. The normalized spacial score (nSPS) is 9.95. The summed E-state index contributed by atoms with van der Waals surface area (Å²) in [6, 6.07) is 11.0. The Morgan fingerprint density at radius 1 is 1.23 bits per heavy atom. The molecule has 0 atom stereocenters. The Balaban J connectivity index is 1.91. The highest BCUT2D eigenvalue weighted by molar-refractivity contribution is 5.92. The smallest absolute Gasteiger partial charge is 0.265 e. The Kier molecular flexibility index (Phi) is 4.88. The number of hydrogen-bond donors (Lipinski definition) is 2. The second-order valence-electron chi connectivity index (χ2n) is 4.61. The van der Waals surface area contributed by atoms with Gasteiger partial charge in [0.05, 0.1) is 11.3 Å². The lowest BCUT2D eigenvalue weighted by Crippen LogP contribution is -2.28. The second-order valence-corrected chi connectivity index (χ2v) is 4.61. The number of aromatic amines is 1. The molecule has 0 aliphatic heterocycles. The number of H-pyrrole nitrogens is 1. The van der Waals surface area contributed by atoms with Gasteiger partial charge in [0.2, 0.25) is 5.91 Å². The molecule has 0 aliphatic carbocycles. The fourth-order valence-corrected chi connectivity index (χ4v) is 1.93. The highest BCUT2D eigenvalue weighted by Gasteiger charge is 2.06. The monoisotopic (exact) mass is 298 g/mol. The number of hydrogen-bond acceptors (Lipinski definition) is 4. The summed E-state index contributed by atoms with van der Waals surface area (Å²) >= 11 is 0. The number of nitriles is 1. The van der Waals surface area contributed by atoms with Crippen molar-refractivity contribution in [1.82, 2.24) is 9.78 Å². The summed E-state index contributed by atoms with van der Waals surface area (Å²) in [5.41, 5.74) is 0.154. The molecule has 112 valence electrons. The van der Waals surface area contributed by atoms with Crippen molar-refractivity contribution in [2.45, 2.75) is 19.4 Å². The summed E-state index contributed by atoms with van der Waals surface area (Å²) < 4.78 is 1.17. The molecule has 2 rings (SSSR count). The van der Waals surface area contributed by atoms with E-state index >= 15 is 0 Å². The van der Waals surface area contributed by atoms with Crippen molar-refractivity contribution in [1.29, 1.82) is 5.26 Å². The Hall–Kier alpha value is -3.14. The predicted octanol–water partition coefficient (Wildman–Crippen LogP) is 0.827. The summed E-state index contributed by atoms with van der Waals surface area (Å²) in [6.45, 7) is 0.238. The van der Waals surface area contributed by atoms with E-state index in [-0.39, 0.29) is 30.0 Å². The molecule has 1 aromatic heterocycles. The Morgan fingerprint density at radius 2 is 2.00 bits per heavy atom. The number of carbonyl (C=O) groups excluding carboxylic acids is 1. The highest BCUT2D eigenvalue weighted by atomic mass is 16.2. The molecule has 1 aromatic carbocycles. The van der Waals surface area contributed by atoms with E-state index in [2.05, 4.69) is 10.4 Å². The molecule has 0 radical (unpaired) electrons. The number of benzene rings is 1. The van der Waals surface area contributed by atoms with Gasteiger partial charge < -0.3 is 5.32 Å². The Labute approximate surface area is 125 Å². The van der Waals surface area contributed by atoms with Crippen LogP contribution in [-0.2, 0) is 11.3 Å². The zero-order valence-electron chi connectivity index (χ0n) is 11.7. The lowest BCUT2D eigenvalue weighted by Gasteiger charge is -2.07. The predicted molar refractivity (Wildman–Crippen MR) is 80.3 cm³/mol. The zero-order valence-corrected chi connectivity index (χ0v) is 11.7. The minimum absolute atomic E-state index is 0.170. The fourth-order valence-electron chi connectivity index (χ4n) is 1.93. The third-order valence-corrected chi connectivity index (χ3v) is 3.00. The molecule has 0 unspecified atom stereocenters. The van der Waals surface area contributed by atoms with E-state index in [1.54, 1.807) is 24.3 Å². The van der Waals surface area contributed by atoms with Gasteiger partial charge in [-0.2, -0.15) is 5.26 Å². The van der Waals surface area contributed by atoms with E-state index in [0.717, 1.165) is 6.07 Å². The fraction of sp³-hybridized carbons (Fsp3) is 0.200. The highest BCUT2D eigenvalue weighted by Crippen LogP contribution is 2.13. The Morgan fingerprint density at radius 3 is 2.77 bits per heavy atom. The van der Waals surface area contributed by atoms with Crippen molar-refractivity contribution in [2.24, 2.45) is 0 Å². The number of rotatable bonds is 5. The lowest BCUT2D eigenvalue weighted by atomic mass is 10.2. The minimum Gasteiger partial charge on any atom is -0.325 e. The van der Waals surface area contributed by atoms with E-state index in [9.17, 15) is 14.4 Å². The molecule has 2 aromatic rings. The topological polar surface area (TPSA) is 108 Å². The van der Waals surface area contributed by atoms with Gasteiger partial charge in [-0.25, -0.2) is 0 Å². The first kappa shape index (κ1) is 15.3. The van der Waals surface area contributed by atoms with Crippen molar-refractivity contribution in [3.05, 3.63) is 62.7 Å². The third-order valence-electron chi connectivity index (χ3n) is 3.00. The maximum Gasteiger partial charge on any atom is 0.265 e. The summed E-state index contributed by atoms with van der Waals surface area (Å²) in [6.07, 6.45) is 0.559. The van der Waals surface area contributed by atoms with E-state index in [1.807, 2.05) is 6.07 Å². The van der Waals surface area contributed by atoms with Crippen LogP contribution < -0.4 is 16.4 Å². The van der Waals surface area contributed by atoms with Crippen molar-refractivity contribution < 1.29 is 4.79 Å². The lowest BCUT2D eigenvalue weighted by molar-refractivity contribution is -0.116. The van der Waals surface area contributed by atoms with E-state index in [0.29, 0.717) is 17.7 Å². The molecule has 22 heavy (non-hydrogen) atoms. The zero-order chi connectivity index (χ0) is 15.9. The van der Waals surface area contributed by atoms with Crippen LogP contribution in [0.2, 0.25) is 0 Å². The van der Waals surface area contributed by atoms with Gasteiger partial charge >= 0.3 is 0 Å². The van der Waals surface area contributed by atoms with Gasteiger partial charge in [-0.15, -0.1) is 0 Å². The minimum atomic E-state index is -0.369. The molecule has 7 nitrogen and oxygen atoms in total. The summed E-state index contributed by atoms with van der Waals surface area (Å²) in [5.74, 6) is -0.256. The number of nitrogens with zero attached hydrogens (tertiary/aromatic N) is 2. The first-order valence-electron chi connectivity index (χ1n) is 6.69. The van der Waals surface area contributed by atoms with Gasteiger partial charge in [0.15, 0.2) is 0 Å². The molecule has 0 saturated carbocycles. The molecule has 7 heteroatoms. The average Bonchev–Trinajstić information content (AvgIpc) is 2.51. The maximum absolute atomic E-state index is 11.8. The largest absolute Gasteiger partial charge is 0.325 e. The van der Waals surface area contributed by atoms with Crippen molar-refractivity contribution >= 4 is 11.6 Å². The molecule has 0 fully saturated rings. The first-order chi connectivity index (χ1) is 10.6. The number of anilines is 1. The molecule has 0 spiro atoms. The van der Waals surface area contributed by atoms with Crippen LogP contribution in [0.3, 0.4) is 0 Å². The van der Waals surface area contributed by atoms with Crippen LogP contribution in [0.15, 0.2) is 46.0 Å². The van der Waals surface area contributed by atoms with E-state index in [4.69, 9.17) is 5.26 Å². The molecule has 0 aliphatic rings. The number of aryl methyl sites for hydroxylation is 1. The van der Waals surface area contributed by atoms with Crippen LogP contribution >= 0.6 is 0 Å². The number of carbonyl (C=O) groups is 1. The molecule has 1 amide bonds. The number of para-hydroxylation sites is 1. The van der Waals surface area contributed by atoms with Gasteiger partial charge in [-0.1, -0.05) is 12.1 Å². The van der Waals surface area contributed by atoms with Crippen LogP contribution in [-0.4, -0.2) is 15.7 Å². The first-order valence-corrected chi connectivity index (χ1v) is 6.69. The van der Waals surface area contributed by atoms with Crippen LogP contribution in [0.5, 0.6) is 0 Å². The SMILES string of the molecule is N#Cc1ccccc1NC(=O)CCCn1[nH]c(=O)ccc1=O. The van der Waals surface area contributed by atoms with Gasteiger partial charge in [0.25, 0.3) is 11.1 Å². The quantitative estimate of drug-likeness (QED) is 0.852. The van der Waals surface area contributed by atoms with Crippen molar-refractivity contribution in [2.75, 3.05) is 5.32 Å². The number of nitrogens with one attached hydrogen (secondary N) is 2. The summed E-state index contributed by atoms with van der Waals surface area (Å²) in [4.78, 5) is 34.4. The molecular weight excluding hydrogens is 284 g/mol. The van der Waals surface area contributed by atoms with Crippen LogP contribution in [0.25, 0.3) is 0 Å². The molecule has 0 bridgehead atoms. The van der Waals surface area contributed by atoms with E-state index in [1.165, 1.54) is 10.7 Å². The second kappa shape index (κ2) is 7.04. The van der Waals surface area contributed by atoms with Gasteiger partial charge in [-0.3, -0.25) is 24.2 Å². The standard InChI is InChI=1S/C15H14N4O3/c16-10-11-4-1-2-5-12(11)17-13(20)6-3-9-19-15(22)8-7-14(21)18-19/h1-2,4-5,7-8H,3,6,9H2,(H,17,20)(H,18,21). The molecule has 2 N–H and O–H groups in total. The molecule has 0 saturated heterocycles. The van der Waals surface area contributed by atoms with Gasteiger partial charge in [0.1, 0.15) is 6.07 Å². The van der Waals surface area contributed by atoms with Crippen molar-refractivity contribution in [3.8, 4) is 6.07 Å².